The Labute approximate surface area is 107 Å². The molecular weight excluding hydrogens is 239 g/mol. The maximum absolute atomic E-state index is 13.5. The number of benzene rings is 1. The molecule has 0 amide bonds. The fourth-order valence-electron chi connectivity index (χ4n) is 2.14. The van der Waals surface area contributed by atoms with Crippen LogP contribution in [0.3, 0.4) is 0 Å². The molecule has 0 aromatic heterocycles. The van der Waals surface area contributed by atoms with E-state index < -0.39 is 0 Å². The zero-order valence-corrected chi connectivity index (χ0v) is 10.6. The third-order valence-electron chi connectivity index (χ3n) is 3.14. The fourth-order valence-corrected chi connectivity index (χ4v) is 2.33. The van der Waals surface area contributed by atoms with Crippen LogP contribution in [0.1, 0.15) is 12.0 Å². The van der Waals surface area contributed by atoms with Crippen molar-refractivity contribution in [1.82, 2.24) is 10.2 Å². The normalized spacial score (nSPS) is 18.0. The van der Waals surface area contributed by atoms with Gasteiger partial charge in [-0.3, -0.25) is 0 Å². The topological polar surface area (TPSA) is 15.3 Å². The first-order valence-corrected chi connectivity index (χ1v) is 6.50. The van der Waals surface area contributed by atoms with Crippen LogP contribution in [0.25, 0.3) is 0 Å². The monoisotopic (exact) mass is 256 g/mol. The summed E-state index contributed by atoms with van der Waals surface area (Å²) in [4.78, 5) is 2.38. The first kappa shape index (κ1) is 12.8. The molecule has 0 bridgehead atoms. The highest BCUT2D eigenvalue weighted by Crippen LogP contribution is 2.15. The number of hydrogen-bond acceptors (Lipinski definition) is 2. The molecule has 1 N–H and O–H groups in total. The van der Waals surface area contributed by atoms with Gasteiger partial charge in [-0.2, -0.15) is 0 Å². The van der Waals surface area contributed by atoms with Crippen molar-refractivity contribution in [3.63, 3.8) is 0 Å². The van der Waals surface area contributed by atoms with Crippen LogP contribution in [-0.2, 0) is 6.42 Å². The smallest absolute Gasteiger partial charge is 0.126 e. The summed E-state index contributed by atoms with van der Waals surface area (Å²) in [5, 5.41) is 3.97. The average Bonchev–Trinajstić information content (AvgIpc) is 2.59. The molecule has 1 saturated heterocycles. The van der Waals surface area contributed by atoms with E-state index in [-0.39, 0.29) is 5.82 Å². The number of nitrogens with one attached hydrogen (secondary N) is 1. The van der Waals surface area contributed by atoms with Gasteiger partial charge in [0.2, 0.25) is 0 Å². The highest BCUT2D eigenvalue weighted by Gasteiger charge is 2.10. The van der Waals surface area contributed by atoms with Crippen LogP contribution in [0.2, 0.25) is 5.02 Å². The second-order valence-corrected chi connectivity index (χ2v) is 4.87. The van der Waals surface area contributed by atoms with E-state index in [0.29, 0.717) is 5.02 Å². The van der Waals surface area contributed by atoms with Crippen LogP contribution in [0.4, 0.5) is 4.39 Å². The standard InChI is InChI=1S/C13H18ClFN2/c14-12-2-3-13(15)11(10-12)4-8-17-7-1-5-16-6-9-17/h2-3,10,16H,1,4-9H2. The summed E-state index contributed by atoms with van der Waals surface area (Å²) < 4.78 is 13.5. The van der Waals surface area contributed by atoms with Gasteiger partial charge >= 0.3 is 0 Å². The Morgan fingerprint density at radius 2 is 2.18 bits per heavy atom. The molecule has 0 atom stereocenters. The Balaban J connectivity index is 1.89. The molecule has 1 aliphatic rings. The van der Waals surface area contributed by atoms with Crippen molar-refractivity contribution in [3.8, 4) is 0 Å². The minimum Gasteiger partial charge on any atom is -0.315 e. The average molecular weight is 257 g/mol. The van der Waals surface area contributed by atoms with Crippen molar-refractivity contribution in [3.05, 3.63) is 34.6 Å². The molecule has 4 heteroatoms. The molecule has 0 unspecified atom stereocenters. The number of hydrogen-bond donors (Lipinski definition) is 1. The van der Waals surface area contributed by atoms with E-state index in [4.69, 9.17) is 11.6 Å². The highest BCUT2D eigenvalue weighted by molar-refractivity contribution is 6.30. The van der Waals surface area contributed by atoms with Gasteiger partial charge < -0.3 is 10.2 Å². The van der Waals surface area contributed by atoms with Crippen molar-refractivity contribution in [2.45, 2.75) is 12.8 Å². The first-order valence-electron chi connectivity index (χ1n) is 6.13. The van der Waals surface area contributed by atoms with Crippen LogP contribution >= 0.6 is 11.6 Å². The molecule has 2 nitrogen and oxygen atoms in total. The molecule has 0 saturated carbocycles. The maximum Gasteiger partial charge on any atom is 0.126 e. The Kier molecular flexibility index (Phi) is 4.77. The van der Waals surface area contributed by atoms with Crippen LogP contribution in [-0.4, -0.2) is 37.6 Å². The Hall–Kier alpha value is -0.640. The predicted molar refractivity (Wildman–Crippen MR) is 69.0 cm³/mol. The second kappa shape index (κ2) is 6.34. The molecule has 94 valence electrons. The lowest BCUT2D eigenvalue weighted by Crippen LogP contribution is -2.30. The number of nitrogens with zero attached hydrogens (tertiary/aromatic N) is 1. The summed E-state index contributed by atoms with van der Waals surface area (Å²) in [5.41, 5.74) is 0.717. The fraction of sp³-hybridized carbons (Fsp3) is 0.538. The van der Waals surface area contributed by atoms with E-state index >= 15 is 0 Å². The summed E-state index contributed by atoms with van der Waals surface area (Å²) in [7, 11) is 0. The molecule has 2 rings (SSSR count). The van der Waals surface area contributed by atoms with Crippen molar-refractivity contribution < 1.29 is 4.39 Å². The third-order valence-corrected chi connectivity index (χ3v) is 3.37. The van der Waals surface area contributed by atoms with Gasteiger partial charge in [-0.05, 0) is 49.7 Å². The number of halogens is 2. The van der Waals surface area contributed by atoms with Gasteiger partial charge in [-0.1, -0.05) is 11.6 Å². The minimum absolute atomic E-state index is 0.151. The van der Waals surface area contributed by atoms with Crippen LogP contribution in [0.5, 0.6) is 0 Å². The van der Waals surface area contributed by atoms with Gasteiger partial charge in [0.05, 0.1) is 0 Å². The van der Waals surface area contributed by atoms with Crippen LogP contribution < -0.4 is 5.32 Å². The molecule has 0 radical (unpaired) electrons. The predicted octanol–water partition coefficient (Wildman–Crippen LogP) is 2.32. The zero-order chi connectivity index (χ0) is 12.1. The van der Waals surface area contributed by atoms with E-state index in [0.717, 1.165) is 51.1 Å². The van der Waals surface area contributed by atoms with Gasteiger partial charge in [-0.25, -0.2) is 4.39 Å². The SMILES string of the molecule is Fc1ccc(Cl)cc1CCN1CCCNCC1. The molecular formula is C13H18ClFN2. The lowest BCUT2D eigenvalue weighted by molar-refractivity contribution is 0.295. The Bertz CT molecular complexity index is 362. The van der Waals surface area contributed by atoms with E-state index in [9.17, 15) is 4.39 Å². The molecule has 1 aromatic rings. The Morgan fingerprint density at radius 3 is 3.06 bits per heavy atom. The highest BCUT2D eigenvalue weighted by atomic mass is 35.5. The molecule has 1 aliphatic heterocycles. The molecule has 0 spiro atoms. The van der Waals surface area contributed by atoms with Gasteiger partial charge in [0.15, 0.2) is 0 Å². The van der Waals surface area contributed by atoms with E-state index in [1.54, 1.807) is 12.1 Å². The summed E-state index contributed by atoms with van der Waals surface area (Å²) in [6.45, 7) is 5.15. The maximum atomic E-state index is 13.5. The van der Waals surface area contributed by atoms with Crippen molar-refractivity contribution in [2.75, 3.05) is 32.7 Å². The molecule has 1 heterocycles. The summed E-state index contributed by atoms with van der Waals surface area (Å²) >= 11 is 5.87. The van der Waals surface area contributed by atoms with E-state index in [1.165, 1.54) is 6.07 Å². The first-order chi connectivity index (χ1) is 8.25. The van der Waals surface area contributed by atoms with E-state index in [1.807, 2.05) is 0 Å². The molecule has 1 fully saturated rings. The molecule has 0 aliphatic carbocycles. The molecule has 1 aromatic carbocycles. The lowest BCUT2D eigenvalue weighted by Gasteiger charge is -2.19. The van der Waals surface area contributed by atoms with Crippen LogP contribution in [0.15, 0.2) is 18.2 Å². The second-order valence-electron chi connectivity index (χ2n) is 4.43. The van der Waals surface area contributed by atoms with Gasteiger partial charge in [-0.15, -0.1) is 0 Å². The molecule has 17 heavy (non-hydrogen) atoms. The minimum atomic E-state index is -0.151. The lowest BCUT2D eigenvalue weighted by atomic mass is 10.1. The van der Waals surface area contributed by atoms with Crippen molar-refractivity contribution in [2.24, 2.45) is 0 Å². The zero-order valence-electron chi connectivity index (χ0n) is 9.88. The third kappa shape index (κ3) is 3.95. The van der Waals surface area contributed by atoms with Gasteiger partial charge in [0.25, 0.3) is 0 Å². The van der Waals surface area contributed by atoms with Gasteiger partial charge in [0, 0.05) is 24.7 Å². The quantitative estimate of drug-likeness (QED) is 0.893. The summed E-state index contributed by atoms with van der Waals surface area (Å²) in [6, 6.07) is 4.77. The largest absolute Gasteiger partial charge is 0.315 e. The summed E-state index contributed by atoms with van der Waals surface area (Å²) in [5.74, 6) is -0.151. The van der Waals surface area contributed by atoms with Crippen molar-refractivity contribution in [1.29, 1.82) is 0 Å². The van der Waals surface area contributed by atoms with Crippen molar-refractivity contribution >= 4 is 11.6 Å². The van der Waals surface area contributed by atoms with Crippen LogP contribution in [0, 0.1) is 5.82 Å². The number of rotatable bonds is 3. The van der Waals surface area contributed by atoms with E-state index in [2.05, 4.69) is 10.2 Å². The van der Waals surface area contributed by atoms with Gasteiger partial charge in [0.1, 0.15) is 5.82 Å². The Morgan fingerprint density at radius 1 is 1.29 bits per heavy atom. The summed E-state index contributed by atoms with van der Waals surface area (Å²) in [6.07, 6.45) is 1.89.